The number of fused-ring (bicyclic) bond motifs is 5. The zero-order valence-corrected chi connectivity index (χ0v) is 15.2. The Morgan fingerprint density at radius 2 is 1.61 bits per heavy atom. The topological polar surface area (TPSA) is 52.0 Å². The minimum absolute atomic E-state index is 0.461. The van der Waals surface area contributed by atoms with Gasteiger partial charge in [-0.3, -0.25) is 0 Å². The Hall–Kier alpha value is -0.660. The van der Waals surface area contributed by atoms with Crippen molar-refractivity contribution in [1.82, 2.24) is 0 Å². The fraction of sp³-hybridized carbons (Fsp3) is 0.905. The highest BCUT2D eigenvalue weighted by Crippen LogP contribution is 2.67. The standard InChI is InChI=1S/C21H36N2/c1-20-11-4-3-5-14(20)6-8-16-17-9-7-15(13-19(22)23)21(17,2)12-10-18(16)20/h13-18H,3-12,22-23H2,1-2H3/t14?,15-,16+,17+,18+,20+,21-/m1/s1. The average molecular weight is 317 g/mol. The van der Waals surface area contributed by atoms with E-state index in [4.69, 9.17) is 11.5 Å². The van der Waals surface area contributed by atoms with Crippen LogP contribution >= 0.6 is 0 Å². The van der Waals surface area contributed by atoms with Crippen LogP contribution in [0.5, 0.6) is 0 Å². The molecule has 23 heavy (non-hydrogen) atoms. The Bertz CT molecular complexity index is 494. The SMILES string of the molecule is C[C@]12CC[C@H]3[C@@H](CCC4CCCC[C@@]43C)[C@@H]1CC[C@@H]2C=C(N)N. The van der Waals surface area contributed by atoms with Crippen molar-refractivity contribution in [1.29, 1.82) is 0 Å². The number of nitrogens with two attached hydrogens (primary N) is 2. The van der Waals surface area contributed by atoms with Crippen molar-refractivity contribution in [2.45, 2.75) is 78.1 Å². The smallest absolute Gasteiger partial charge is 0.0895 e. The van der Waals surface area contributed by atoms with Gasteiger partial charge in [-0.05, 0) is 97.9 Å². The van der Waals surface area contributed by atoms with E-state index >= 15 is 0 Å². The van der Waals surface area contributed by atoms with E-state index in [1.54, 1.807) is 0 Å². The first-order chi connectivity index (χ1) is 10.9. The van der Waals surface area contributed by atoms with Gasteiger partial charge in [0, 0.05) is 0 Å². The molecule has 0 heterocycles. The Kier molecular flexibility index (Phi) is 3.74. The molecule has 0 saturated heterocycles. The Morgan fingerprint density at radius 3 is 2.39 bits per heavy atom. The van der Waals surface area contributed by atoms with Crippen molar-refractivity contribution in [3.05, 3.63) is 11.9 Å². The van der Waals surface area contributed by atoms with Crippen LogP contribution in [0, 0.1) is 40.4 Å². The molecular weight excluding hydrogens is 280 g/mol. The third-order valence-corrected chi connectivity index (χ3v) is 9.05. The predicted octanol–water partition coefficient (Wildman–Crippen LogP) is 4.79. The van der Waals surface area contributed by atoms with Crippen molar-refractivity contribution < 1.29 is 0 Å². The minimum atomic E-state index is 0.461. The van der Waals surface area contributed by atoms with E-state index in [-0.39, 0.29) is 0 Å². The second-order valence-electron chi connectivity index (χ2n) is 9.80. The van der Waals surface area contributed by atoms with Crippen LogP contribution in [-0.4, -0.2) is 0 Å². The van der Waals surface area contributed by atoms with E-state index < -0.39 is 0 Å². The molecule has 0 aromatic rings. The van der Waals surface area contributed by atoms with Crippen LogP contribution in [0.1, 0.15) is 78.1 Å². The highest BCUT2D eigenvalue weighted by atomic mass is 14.8. The van der Waals surface area contributed by atoms with E-state index in [9.17, 15) is 0 Å². The molecule has 0 radical (unpaired) electrons. The van der Waals surface area contributed by atoms with Gasteiger partial charge < -0.3 is 11.5 Å². The van der Waals surface area contributed by atoms with Crippen molar-refractivity contribution in [2.75, 3.05) is 0 Å². The molecule has 0 bridgehead atoms. The van der Waals surface area contributed by atoms with Crippen molar-refractivity contribution in [2.24, 2.45) is 51.9 Å². The summed E-state index contributed by atoms with van der Waals surface area (Å²) in [7, 11) is 0. The lowest BCUT2D eigenvalue weighted by atomic mass is 9.45. The lowest BCUT2D eigenvalue weighted by molar-refractivity contribution is -0.107. The van der Waals surface area contributed by atoms with Crippen LogP contribution in [0.2, 0.25) is 0 Å². The molecule has 0 amide bonds. The van der Waals surface area contributed by atoms with Crippen molar-refractivity contribution in [3.63, 3.8) is 0 Å². The molecular formula is C21H36N2. The monoisotopic (exact) mass is 316 g/mol. The number of rotatable bonds is 1. The van der Waals surface area contributed by atoms with Gasteiger partial charge in [0.1, 0.15) is 0 Å². The van der Waals surface area contributed by atoms with Crippen LogP contribution in [0.3, 0.4) is 0 Å². The summed E-state index contributed by atoms with van der Waals surface area (Å²) >= 11 is 0. The van der Waals surface area contributed by atoms with Gasteiger partial charge in [-0.25, -0.2) is 0 Å². The molecule has 1 unspecified atom stereocenters. The maximum atomic E-state index is 5.83. The summed E-state index contributed by atoms with van der Waals surface area (Å²) in [6.45, 7) is 5.22. The summed E-state index contributed by atoms with van der Waals surface area (Å²) in [6.07, 6.45) is 16.7. The zero-order valence-electron chi connectivity index (χ0n) is 15.2. The van der Waals surface area contributed by atoms with E-state index in [2.05, 4.69) is 19.9 Å². The molecule has 4 fully saturated rings. The first-order valence-corrected chi connectivity index (χ1v) is 10.2. The lowest BCUT2D eigenvalue weighted by Crippen LogP contribution is -2.52. The predicted molar refractivity (Wildman–Crippen MR) is 96.3 cm³/mol. The fourth-order valence-electron chi connectivity index (χ4n) is 7.84. The molecule has 2 nitrogen and oxygen atoms in total. The first-order valence-electron chi connectivity index (χ1n) is 10.2. The van der Waals surface area contributed by atoms with Gasteiger partial charge in [0.2, 0.25) is 0 Å². The largest absolute Gasteiger partial charge is 0.386 e. The molecule has 130 valence electrons. The van der Waals surface area contributed by atoms with Gasteiger partial charge >= 0.3 is 0 Å². The summed E-state index contributed by atoms with van der Waals surface area (Å²) in [6, 6.07) is 0. The molecule has 4 aliphatic rings. The second-order valence-corrected chi connectivity index (χ2v) is 9.80. The number of hydrogen-bond donors (Lipinski definition) is 2. The minimum Gasteiger partial charge on any atom is -0.386 e. The van der Waals surface area contributed by atoms with E-state index in [0.29, 0.717) is 22.6 Å². The third kappa shape index (κ3) is 2.27. The molecule has 4 saturated carbocycles. The normalized spacial score (nSPS) is 52.2. The van der Waals surface area contributed by atoms with Crippen molar-refractivity contribution in [3.8, 4) is 0 Å². The second kappa shape index (κ2) is 5.43. The fourth-order valence-corrected chi connectivity index (χ4v) is 7.84. The molecule has 0 aliphatic heterocycles. The van der Waals surface area contributed by atoms with Crippen LogP contribution < -0.4 is 11.5 Å². The van der Waals surface area contributed by atoms with Gasteiger partial charge in [0.05, 0.1) is 5.82 Å². The summed E-state index contributed by atoms with van der Waals surface area (Å²) in [5.41, 5.74) is 12.8. The van der Waals surface area contributed by atoms with Crippen LogP contribution in [0.25, 0.3) is 0 Å². The van der Waals surface area contributed by atoms with E-state index in [1.165, 1.54) is 64.2 Å². The summed E-state index contributed by atoms with van der Waals surface area (Å²) in [4.78, 5) is 0. The molecule has 0 aromatic heterocycles. The van der Waals surface area contributed by atoms with Gasteiger partial charge in [0.15, 0.2) is 0 Å². The molecule has 0 spiro atoms. The Morgan fingerprint density at radius 1 is 0.826 bits per heavy atom. The highest BCUT2D eigenvalue weighted by molar-refractivity contribution is 5.13. The first kappa shape index (κ1) is 15.8. The summed E-state index contributed by atoms with van der Waals surface area (Å²) < 4.78 is 0. The molecule has 0 aromatic carbocycles. The summed E-state index contributed by atoms with van der Waals surface area (Å²) in [5.74, 6) is 5.08. The number of allylic oxidation sites excluding steroid dienone is 1. The van der Waals surface area contributed by atoms with E-state index in [1.807, 2.05) is 0 Å². The zero-order chi connectivity index (χ0) is 16.2. The highest BCUT2D eigenvalue weighted by Gasteiger charge is 2.59. The van der Waals surface area contributed by atoms with Crippen molar-refractivity contribution >= 4 is 0 Å². The molecule has 7 atom stereocenters. The van der Waals surface area contributed by atoms with E-state index in [0.717, 1.165) is 23.7 Å². The quantitative estimate of drug-likeness (QED) is 0.730. The van der Waals surface area contributed by atoms with Gasteiger partial charge in [-0.2, -0.15) is 0 Å². The average Bonchev–Trinajstić information content (AvgIpc) is 2.83. The molecule has 4 aliphatic carbocycles. The number of hydrogen-bond acceptors (Lipinski definition) is 2. The lowest BCUT2D eigenvalue weighted by Gasteiger charge is -2.60. The Balaban J connectivity index is 1.61. The summed E-state index contributed by atoms with van der Waals surface area (Å²) in [5, 5.41) is 0. The Labute approximate surface area is 142 Å². The molecule has 4 N–H and O–H groups in total. The maximum Gasteiger partial charge on any atom is 0.0895 e. The third-order valence-electron chi connectivity index (χ3n) is 9.05. The maximum absolute atomic E-state index is 5.83. The molecule has 2 heteroatoms. The van der Waals surface area contributed by atoms with Gasteiger partial charge in [-0.1, -0.05) is 26.7 Å². The van der Waals surface area contributed by atoms with Crippen LogP contribution in [-0.2, 0) is 0 Å². The van der Waals surface area contributed by atoms with Gasteiger partial charge in [-0.15, -0.1) is 0 Å². The van der Waals surface area contributed by atoms with Crippen LogP contribution in [0.15, 0.2) is 11.9 Å². The molecule has 4 rings (SSSR count). The van der Waals surface area contributed by atoms with Gasteiger partial charge in [0.25, 0.3) is 0 Å². The van der Waals surface area contributed by atoms with Crippen LogP contribution in [0.4, 0.5) is 0 Å².